The van der Waals surface area contributed by atoms with E-state index in [1.807, 2.05) is 0 Å². The number of carboxylic acid groups (broad SMARTS) is 1. The molecule has 0 fully saturated rings. The highest BCUT2D eigenvalue weighted by Gasteiger charge is 2.08. The normalized spacial score (nSPS) is 9.79. The first-order chi connectivity index (χ1) is 6.61. The van der Waals surface area contributed by atoms with Crippen LogP contribution in [0.25, 0.3) is 0 Å². The highest BCUT2D eigenvalue weighted by molar-refractivity contribution is 5.95. The second-order valence-corrected chi connectivity index (χ2v) is 2.92. The Bertz CT molecular complexity index is 344. The predicted molar refractivity (Wildman–Crippen MR) is 50.1 cm³/mol. The lowest BCUT2D eigenvalue weighted by atomic mass is 10.2. The van der Waals surface area contributed by atoms with Crippen molar-refractivity contribution in [2.24, 2.45) is 0 Å². The van der Waals surface area contributed by atoms with Crippen LogP contribution < -0.4 is 5.32 Å². The number of aliphatic carboxylic acids is 1. The summed E-state index contributed by atoms with van der Waals surface area (Å²) in [4.78, 5) is 24.4. The van der Waals surface area contributed by atoms with Gasteiger partial charge in [-0.2, -0.15) is 0 Å². The molecule has 76 valence electrons. The molecule has 0 bridgehead atoms. The van der Waals surface area contributed by atoms with Crippen LogP contribution in [-0.4, -0.2) is 28.5 Å². The van der Waals surface area contributed by atoms with Crippen LogP contribution >= 0.6 is 0 Å². The molecule has 3 N–H and O–H groups in total. The van der Waals surface area contributed by atoms with Crippen molar-refractivity contribution in [3.8, 4) is 0 Å². The Hall–Kier alpha value is -1.78. The van der Waals surface area contributed by atoms with Crippen LogP contribution in [0.4, 0.5) is 0 Å². The fourth-order valence-corrected chi connectivity index (χ4v) is 1.08. The summed E-state index contributed by atoms with van der Waals surface area (Å²) in [6.07, 6.45) is 1.61. The van der Waals surface area contributed by atoms with Crippen molar-refractivity contribution in [1.82, 2.24) is 10.3 Å². The van der Waals surface area contributed by atoms with Crippen LogP contribution in [-0.2, 0) is 4.79 Å². The smallest absolute Gasteiger partial charge is 0.305 e. The third-order valence-electron chi connectivity index (χ3n) is 1.82. The lowest BCUT2D eigenvalue weighted by molar-refractivity contribution is -0.136. The average Bonchev–Trinajstić information content (AvgIpc) is 2.50. The minimum atomic E-state index is -0.920. The average molecular weight is 196 g/mol. The first-order valence-corrected chi connectivity index (χ1v) is 4.25. The Morgan fingerprint density at radius 1 is 1.57 bits per heavy atom. The van der Waals surface area contributed by atoms with Gasteiger partial charge in [-0.1, -0.05) is 0 Å². The Kier molecular flexibility index (Phi) is 3.28. The number of aromatic nitrogens is 1. The Balaban J connectivity index is 2.44. The van der Waals surface area contributed by atoms with Crippen molar-refractivity contribution in [1.29, 1.82) is 0 Å². The quantitative estimate of drug-likeness (QED) is 0.656. The Morgan fingerprint density at radius 2 is 2.29 bits per heavy atom. The molecule has 0 saturated heterocycles. The molecule has 0 radical (unpaired) electrons. The van der Waals surface area contributed by atoms with E-state index in [4.69, 9.17) is 5.11 Å². The van der Waals surface area contributed by atoms with Crippen molar-refractivity contribution in [3.05, 3.63) is 23.5 Å². The number of aromatic amines is 1. The molecule has 0 atom stereocenters. The number of hydrogen-bond acceptors (Lipinski definition) is 2. The van der Waals surface area contributed by atoms with E-state index < -0.39 is 5.97 Å². The maximum atomic E-state index is 11.4. The fraction of sp³-hybridized carbons (Fsp3) is 0.333. The zero-order valence-electron chi connectivity index (χ0n) is 7.83. The molecule has 0 unspecified atom stereocenters. The summed E-state index contributed by atoms with van der Waals surface area (Å²) < 4.78 is 0. The number of aryl methyl sites for hydroxylation is 1. The molecule has 0 aliphatic rings. The summed E-state index contributed by atoms with van der Waals surface area (Å²) in [6.45, 7) is 1.94. The van der Waals surface area contributed by atoms with Gasteiger partial charge in [-0.3, -0.25) is 9.59 Å². The number of nitrogens with one attached hydrogen (secondary N) is 2. The van der Waals surface area contributed by atoms with Gasteiger partial charge in [0.2, 0.25) is 0 Å². The maximum Gasteiger partial charge on any atom is 0.305 e. The zero-order chi connectivity index (χ0) is 10.6. The van der Waals surface area contributed by atoms with E-state index in [0.29, 0.717) is 5.56 Å². The molecule has 0 saturated carbocycles. The molecule has 0 spiro atoms. The van der Waals surface area contributed by atoms with Gasteiger partial charge in [0.05, 0.1) is 12.0 Å². The molecule has 1 heterocycles. The highest BCUT2D eigenvalue weighted by atomic mass is 16.4. The van der Waals surface area contributed by atoms with Crippen LogP contribution in [0.3, 0.4) is 0 Å². The van der Waals surface area contributed by atoms with Crippen molar-refractivity contribution in [3.63, 3.8) is 0 Å². The lowest BCUT2D eigenvalue weighted by Crippen LogP contribution is -2.26. The molecule has 1 rings (SSSR count). The Labute approximate surface area is 81.1 Å². The second-order valence-electron chi connectivity index (χ2n) is 2.92. The first-order valence-electron chi connectivity index (χ1n) is 4.25. The van der Waals surface area contributed by atoms with Crippen molar-refractivity contribution >= 4 is 11.9 Å². The third-order valence-corrected chi connectivity index (χ3v) is 1.82. The number of carbonyl (C=O) groups excluding carboxylic acids is 1. The van der Waals surface area contributed by atoms with Crippen molar-refractivity contribution in [2.45, 2.75) is 13.3 Å². The van der Waals surface area contributed by atoms with Gasteiger partial charge >= 0.3 is 5.97 Å². The van der Waals surface area contributed by atoms with Crippen LogP contribution in [0, 0.1) is 6.92 Å². The summed E-state index contributed by atoms with van der Waals surface area (Å²) in [6, 6.07) is 1.66. The van der Waals surface area contributed by atoms with Gasteiger partial charge in [0.1, 0.15) is 0 Å². The number of amides is 1. The maximum absolute atomic E-state index is 11.4. The molecule has 1 amide bonds. The second kappa shape index (κ2) is 4.45. The summed E-state index contributed by atoms with van der Waals surface area (Å²) in [5, 5.41) is 10.9. The molecule has 1 aromatic heterocycles. The number of carboxylic acids is 1. The highest BCUT2D eigenvalue weighted by Crippen LogP contribution is 2.03. The molecule has 0 aliphatic carbocycles. The molecule has 0 aliphatic heterocycles. The molecule has 0 aromatic carbocycles. The van der Waals surface area contributed by atoms with Gasteiger partial charge in [0.25, 0.3) is 5.91 Å². The van der Waals surface area contributed by atoms with E-state index in [1.165, 1.54) is 0 Å². The monoisotopic (exact) mass is 196 g/mol. The molecule has 1 aromatic rings. The summed E-state index contributed by atoms with van der Waals surface area (Å²) in [7, 11) is 0. The van der Waals surface area contributed by atoms with Crippen molar-refractivity contribution in [2.75, 3.05) is 6.54 Å². The minimum Gasteiger partial charge on any atom is -0.481 e. The van der Waals surface area contributed by atoms with Gasteiger partial charge < -0.3 is 15.4 Å². The zero-order valence-corrected chi connectivity index (χ0v) is 7.83. The third kappa shape index (κ3) is 2.62. The van der Waals surface area contributed by atoms with E-state index in [9.17, 15) is 9.59 Å². The van der Waals surface area contributed by atoms with Gasteiger partial charge in [-0.15, -0.1) is 0 Å². The molecular formula is C9H12N2O3. The van der Waals surface area contributed by atoms with E-state index in [2.05, 4.69) is 10.3 Å². The first kappa shape index (κ1) is 10.3. The largest absolute Gasteiger partial charge is 0.481 e. The number of rotatable bonds is 4. The minimum absolute atomic E-state index is 0.0603. The van der Waals surface area contributed by atoms with Crippen LogP contribution in [0.1, 0.15) is 22.5 Å². The SMILES string of the molecule is Cc1[nH]ccc1C(=O)NCCC(=O)O. The van der Waals surface area contributed by atoms with Gasteiger partial charge in [0, 0.05) is 18.4 Å². The van der Waals surface area contributed by atoms with E-state index >= 15 is 0 Å². The Morgan fingerprint density at radius 3 is 2.79 bits per heavy atom. The standard InChI is InChI=1S/C9H12N2O3/c1-6-7(2-4-10-6)9(14)11-5-3-8(12)13/h2,4,10H,3,5H2,1H3,(H,11,14)(H,12,13). The van der Waals surface area contributed by atoms with Crippen molar-refractivity contribution < 1.29 is 14.7 Å². The summed E-state index contributed by atoms with van der Waals surface area (Å²) in [5.41, 5.74) is 1.33. The number of hydrogen-bond donors (Lipinski definition) is 3. The van der Waals surface area contributed by atoms with Crippen LogP contribution in [0.15, 0.2) is 12.3 Å². The van der Waals surface area contributed by atoms with Gasteiger partial charge in [-0.25, -0.2) is 0 Å². The van der Waals surface area contributed by atoms with Crippen LogP contribution in [0.5, 0.6) is 0 Å². The topological polar surface area (TPSA) is 82.2 Å². The van der Waals surface area contributed by atoms with Gasteiger partial charge in [0.15, 0.2) is 0 Å². The van der Waals surface area contributed by atoms with Gasteiger partial charge in [-0.05, 0) is 13.0 Å². The fourth-order valence-electron chi connectivity index (χ4n) is 1.08. The van der Waals surface area contributed by atoms with E-state index in [-0.39, 0.29) is 18.9 Å². The van der Waals surface area contributed by atoms with E-state index in [1.54, 1.807) is 19.2 Å². The molecule has 5 nitrogen and oxygen atoms in total. The lowest BCUT2D eigenvalue weighted by Gasteiger charge is -2.01. The molecular weight excluding hydrogens is 184 g/mol. The number of H-pyrrole nitrogens is 1. The summed E-state index contributed by atoms with van der Waals surface area (Å²) in [5.74, 6) is -1.17. The van der Waals surface area contributed by atoms with Crippen LogP contribution in [0.2, 0.25) is 0 Å². The molecule has 5 heteroatoms. The predicted octanol–water partition coefficient (Wildman–Crippen LogP) is 0.528. The van der Waals surface area contributed by atoms with E-state index in [0.717, 1.165) is 5.69 Å². The summed E-state index contributed by atoms with van der Waals surface area (Å²) >= 11 is 0. The molecule has 14 heavy (non-hydrogen) atoms. The number of carbonyl (C=O) groups is 2.